The third-order valence-electron chi connectivity index (χ3n) is 8.52. The van der Waals surface area contributed by atoms with Crippen LogP contribution in [0.1, 0.15) is 75.1 Å². The SMILES string of the molecule is C=C(C)C(=O)OCCCc1cc(-c2ccc(-c3ccc(CCCC)cc3)cc2C)cc(CCCOC(=O)C(=C)C)c1OCCC(CO)CO. The molecule has 3 aromatic rings. The van der Waals surface area contributed by atoms with Gasteiger partial charge in [-0.15, -0.1) is 0 Å². The van der Waals surface area contributed by atoms with Crippen LogP contribution in [0.5, 0.6) is 5.75 Å². The summed E-state index contributed by atoms with van der Waals surface area (Å²) in [5.41, 5.74) is 9.61. The van der Waals surface area contributed by atoms with Gasteiger partial charge in [-0.1, -0.05) is 69.0 Å². The fourth-order valence-electron chi connectivity index (χ4n) is 5.55. The molecule has 49 heavy (non-hydrogen) atoms. The highest BCUT2D eigenvalue weighted by atomic mass is 16.5. The van der Waals surface area contributed by atoms with Crippen LogP contribution in [0.25, 0.3) is 22.3 Å². The summed E-state index contributed by atoms with van der Waals surface area (Å²) in [5, 5.41) is 19.2. The third kappa shape index (κ3) is 12.3. The number of benzene rings is 3. The standard InChI is InChI=1S/C42H54O7/c1-7-8-11-32-14-16-34(17-15-32)35-18-19-39(31(6)24-35)38-25-36(12-9-21-48-41(45)29(2)3)40(47-23-20-33(27-43)28-44)37(26-38)13-10-22-49-42(46)30(4)5/h14-19,24-26,33,43-44H,2,4,7-13,20-23,27-28H2,1,3,5-6H3. The van der Waals surface area contributed by atoms with Crippen LogP contribution in [0, 0.1) is 12.8 Å². The van der Waals surface area contributed by atoms with E-state index in [1.807, 2.05) is 0 Å². The van der Waals surface area contributed by atoms with Gasteiger partial charge in [0.15, 0.2) is 0 Å². The van der Waals surface area contributed by atoms with E-state index in [-0.39, 0.29) is 32.3 Å². The van der Waals surface area contributed by atoms with Crippen molar-refractivity contribution in [2.75, 3.05) is 33.0 Å². The van der Waals surface area contributed by atoms with E-state index in [0.29, 0.717) is 49.9 Å². The van der Waals surface area contributed by atoms with Gasteiger partial charge in [0.25, 0.3) is 0 Å². The lowest BCUT2D eigenvalue weighted by Crippen LogP contribution is -2.16. The molecule has 0 bridgehead atoms. The normalized spacial score (nSPS) is 11.0. The van der Waals surface area contributed by atoms with E-state index in [2.05, 4.69) is 81.6 Å². The number of carbonyl (C=O) groups excluding carboxylic acids is 2. The van der Waals surface area contributed by atoms with Crippen LogP contribution in [0.15, 0.2) is 78.9 Å². The van der Waals surface area contributed by atoms with Crippen molar-refractivity contribution in [1.82, 2.24) is 0 Å². The zero-order valence-electron chi connectivity index (χ0n) is 29.8. The lowest BCUT2D eigenvalue weighted by Gasteiger charge is -2.20. The van der Waals surface area contributed by atoms with E-state index in [9.17, 15) is 19.8 Å². The van der Waals surface area contributed by atoms with Gasteiger partial charge in [0.05, 0.1) is 19.8 Å². The highest BCUT2D eigenvalue weighted by Gasteiger charge is 2.17. The Bertz CT molecular complexity index is 1490. The van der Waals surface area contributed by atoms with Crippen molar-refractivity contribution in [3.05, 3.63) is 101 Å². The van der Waals surface area contributed by atoms with E-state index in [0.717, 1.165) is 45.6 Å². The first-order valence-electron chi connectivity index (χ1n) is 17.4. The van der Waals surface area contributed by atoms with Crippen LogP contribution in [0.3, 0.4) is 0 Å². The Morgan fingerprint density at radius 3 is 1.76 bits per heavy atom. The molecule has 0 aromatic heterocycles. The minimum absolute atomic E-state index is 0.126. The van der Waals surface area contributed by atoms with Crippen LogP contribution in [0.4, 0.5) is 0 Å². The number of aliphatic hydroxyl groups excluding tert-OH is 2. The first-order valence-corrected chi connectivity index (χ1v) is 17.4. The van der Waals surface area contributed by atoms with Crippen LogP contribution >= 0.6 is 0 Å². The lowest BCUT2D eigenvalue weighted by molar-refractivity contribution is -0.139. The second-order valence-electron chi connectivity index (χ2n) is 12.9. The molecule has 7 heteroatoms. The number of esters is 2. The van der Waals surface area contributed by atoms with E-state index < -0.39 is 11.9 Å². The second kappa shape index (κ2) is 20.3. The van der Waals surface area contributed by atoms with Gasteiger partial charge in [-0.05, 0) is 122 Å². The van der Waals surface area contributed by atoms with Crippen molar-refractivity contribution in [2.45, 2.75) is 79.1 Å². The second-order valence-corrected chi connectivity index (χ2v) is 12.9. The first kappa shape index (κ1) is 39.2. The molecule has 0 aliphatic carbocycles. The van der Waals surface area contributed by atoms with Crippen LogP contribution in [0.2, 0.25) is 0 Å². The molecule has 264 valence electrons. The molecule has 0 unspecified atom stereocenters. The van der Waals surface area contributed by atoms with E-state index in [1.165, 1.54) is 24.0 Å². The maximum Gasteiger partial charge on any atom is 0.333 e. The molecule has 0 aliphatic rings. The molecule has 0 fully saturated rings. The predicted octanol–water partition coefficient (Wildman–Crippen LogP) is 8.15. The molecule has 0 atom stereocenters. The Hall–Kier alpha value is -4.20. The summed E-state index contributed by atoms with van der Waals surface area (Å²) in [5.74, 6) is -0.377. The van der Waals surface area contributed by atoms with Crippen LogP contribution in [-0.4, -0.2) is 55.2 Å². The smallest absolute Gasteiger partial charge is 0.333 e. The lowest BCUT2D eigenvalue weighted by atomic mass is 9.91. The Kier molecular flexibility index (Phi) is 16.3. The van der Waals surface area contributed by atoms with Gasteiger partial charge in [-0.25, -0.2) is 9.59 Å². The van der Waals surface area contributed by atoms with Crippen molar-refractivity contribution in [1.29, 1.82) is 0 Å². The summed E-state index contributed by atoms with van der Waals surface area (Å²) in [6.45, 7) is 15.4. The maximum absolute atomic E-state index is 12.0. The molecule has 7 nitrogen and oxygen atoms in total. The molecule has 2 N–H and O–H groups in total. The summed E-state index contributed by atoms with van der Waals surface area (Å²) in [6, 6.07) is 19.6. The topological polar surface area (TPSA) is 102 Å². The molecule has 0 amide bonds. The Morgan fingerprint density at radius 2 is 1.27 bits per heavy atom. The molecule has 0 aliphatic heterocycles. The van der Waals surface area contributed by atoms with Crippen molar-refractivity contribution in [2.24, 2.45) is 5.92 Å². The van der Waals surface area contributed by atoms with Crippen molar-refractivity contribution < 1.29 is 34.0 Å². The molecule has 0 saturated carbocycles. The summed E-state index contributed by atoms with van der Waals surface area (Å²) >= 11 is 0. The van der Waals surface area contributed by atoms with Crippen molar-refractivity contribution in [3.63, 3.8) is 0 Å². The fourth-order valence-corrected chi connectivity index (χ4v) is 5.55. The van der Waals surface area contributed by atoms with Gasteiger partial charge >= 0.3 is 11.9 Å². The van der Waals surface area contributed by atoms with E-state index >= 15 is 0 Å². The molecule has 0 radical (unpaired) electrons. The number of carbonyl (C=O) groups is 2. The average molecular weight is 671 g/mol. The maximum atomic E-state index is 12.0. The molecule has 3 rings (SSSR count). The summed E-state index contributed by atoms with van der Waals surface area (Å²) < 4.78 is 17.2. The van der Waals surface area contributed by atoms with Gasteiger partial charge in [-0.3, -0.25) is 0 Å². The molecule has 0 saturated heterocycles. The predicted molar refractivity (Wildman–Crippen MR) is 197 cm³/mol. The van der Waals surface area contributed by atoms with Crippen molar-refractivity contribution in [3.8, 4) is 28.0 Å². The Morgan fingerprint density at radius 1 is 0.714 bits per heavy atom. The van der Waals surface area contributed by atoms with Crippen molar-refractivity contribution >= 4 is 11.9 Å². The monoisotopic (exact) mass is 670 g/mol. The number of aliphatic hydroxyl groups is 2. The summed E-state index contributed by atoms with van der Waals surface area (Å²) in [4.78, 5) is 24.0. The number of ether oxygens (including phenoxy) is 3. The Labute approximate surface area is 292 Å². The zero-order chi connectivity index (χ0) is 35.8. The number of unbranched alkanes of at least 4 members (excludes halogenated alkanes) is 1. The number of hydrogen-bond donors (Lipinski definition) is 2. The minimum atomic E-state index is -0.416. The highest BCUT2D eigenvalue weighted by molar-refractivity contribution is 5.87. The van der Waals surface area contributed by atoms with Gasteiger partial charge < -0.3 is 24.4 Å². The van der Waals surface area contributed by atoms with Gasteiger partial charge in [0.2, 0.25) is 0 Å². The molecular weight excluding hydrogens is 616 g/mol. The van der Waals surface area contributed by atoms with Gasteiger partial charge in [0, 0.05) is 30.3 Å². The van der Waals surface area contributed by atoms with Crippen LogP contribution in [-0.2, 0) is 38.3 Å². The number of rotatable bonds is 21. The molecule has 3 aromatic carbocycles. The minimum Gasteiger partial charge on any atom is -0.493 e. The first-order chi connectivity index (χ1) is 23.6. The van der Waals surface area contributed by atoms with Crippen LogP contribution < -0.4 is 4.74 Å². The fraction of sp³-hybridized carbons (Fsp3) is 0.429. The summed E-state index contributed by atoms with van der Waals surface area (Å²) in [6.07, 6.45) is 6.29. The zero-order valence-corrected chi connectivity index (χ0v) is 29.8. The quantitative estimate of drug-likeness (QED) is 0.0670. The van der Waals surface area contributed by atoms with Gasteiger partial charge in [0.1, 0.15) is 5.75 Å². The molecular formula is C42H54O7. The summed E-state index contributed by atoms with van der Waals surface area (Å²) in [7, 11) is 0. The largest absolute Gasteiger partial charge is 0.493 e. The Balaban J connectivity index is 1.98. The highest BCUT2D eigenvalue weighted by Crippen LogP contribution is 2.36. The third-order valence-corrected chi connectivity index (χ3v) is 8.52. The van der Waals surface area contributed by atoms with E-state index in [1.54, 1.807) is 13.8 Å². The van der Waals surface area contributed by atoms with E-state index in [4.69, 9.17) is 14.2 Å². The number of hydrogen-bond acceptors (Lipinski definition) is 7. The number of aryl methyl sites for hydroxylation is 4. The average Bonchev–Trinajstić information content (AvgIpc) is 3.09. The molecule has 0 heterocycles. The molecule has 0 spiro atoms. The van der Waals surface area contributed by atoms with Gasteiger partial charge in [-0.2, -0.15) is 0 Å².